The van der Waals surface area contributed by atoms with Crippen LogP contribution in [-0.2, 0) is 6.54 Å². The Morgan fingerprint density at radius 2 is 2.20 bits per heavy atom. The monoisotopic (exact) mass is 276 g/mol. The van der Waals surface area contributed by atoms with Crippen LogP contribution in [-0.4, -0.2) is 31.3 Å². The topological polar surface area (TPSA) is 35.5 Å². The van der Waals surface area contributed by atoms with E-state index in [1.165, 1.54) is 30.5 Å². The van der Waals surface area contributed by atoms with Gasteiger partial charge in [-0.2, -0.15) is 0 Å². The summed E-state index contributed by atoms with van der Waals surface area (Å²) in [6, 6.07) is 8.73. The van der Waals surface area contributed by atoms with Crippen molar-refractivity contribution in [3.05, 3.63) is 29.8 Å². The highest BCUT2D eigenvalue weighted by atomic mass is 16.3. The van der Waals surface area contributed by atoms with Crippen molar-refractivity contribution in [1.29, 1.82) is 0 Å². The molecule has 0 saturated carbocycles. The quantitative estimate of drug-likeness (QED) is 0.752. The summed E-state index contributed by atoms with van der Waals surface area (Å²) in [7, 11) is 0. The number of para-hydroxylation sites is 1. The Hall–Kier alpha value is -1.06. The lowest BCUT2D eigenvalue weighted by Gasteiger charge is -2.35. The van der Waals surface area contributed by atoms with Crippen molar-refractivity contribution < 1.29 is 5.11 Å². The molecule has 0 aliphatic carbocycles. The normalized spacial score (nSPS) is 19.3. The summed E-state index contributed by atoms with van der Waals surface area (Å²) < 4.78 is 0. The van der Waals surface area contributed by atoms with Crippen LogP contribution in [0.2, 0.25) is 0 Å². The lowest BCUT2D eigenvalue weighted by atomic mass is 9.94. The summed E-state index contributed by atoms with van der Waals surface area (Å²) in [5.74, 6) is 0.644. The van der Waals surface area contributed by atoms with E-state index in [0.717, 1.165) is 32.6 Å². The Bertz CT molecular complexity index is 392. The highest BCUT2D eigenvalue weighted by molar-refractivity contribution is 5.54. The maximum absolute atomic E-state index is 9.14. The average Bonchev–Trinajstić information content (AvgIpc) is 2.49. The number of aliphatic hydroxyl groups excluding tert-OH is 1. The van der Waals surface area contributed by atoms with Gasteiger partial charge in [0.15, 0.2) is 0 Å². The van der Waals surface area contributed by atoms with Gasteiger partial charge in [-0.05, 0) is 49.8 Å². The number of hydrogen-bond donors (Lipinski definition) is 2. The number of piperidine rings is 1. The Morgan fingerprint density at radius 1 is 1.35 bits per heavy atom. The molecule has 3 nitrogen and oxygen atoms in total. The van der Waals surface area contributed by atoms with Crippen LogP contribution in [0, 0.1) is 5.92 Å². The van der Waals surface area contributed by atoms with Crippen molar-refractivity contribution in [3.8, 4) is 0 Å². The van der Waals surface area contributed by atoms with E-state index in [1.807, 2.05) is 0 Å². The fourth-order valence-corrected chi connectivity index (χ4v) is 3.07. The minimum absolute atomic E-state index is 0.318. The lowest BCUT2D eigenvalue weighted by molar-refractivity contribution is 0.244. The van der Waals surface area contributed by atoms with Gasteiger partial charge >= 0.3 is 0 Å². The van der Waals surface area contributed by atoms with Gasteiger partial charge < -0.3 is 15.3 Å². The van der Waals surface area contributed by atoms with Gasteiger partial charge in [-0.25, -0.2) is 0 Å². The zero-order chi connectivity index (χ0) is 14.2. The third-order valence-electron chi connectivity index (χ3n) is 4.13. The first-order chi connectivity index (χ1) is 9.85. The molecular weight excluding hydrogens is 248 g/mol. The van der Waals surface area contributed by atoms with Crippen molar-refractivity contribution in [3.63, 3.8) is 0 Å². The van der Waals surface area contributed by atoms with Crippen LogP contribution in [0.15, 0.2) is 24.3 Å². The molecule has 1 aromatic carbocycles. The van der Waals surface area contributed by atoms with E-state index in [1.54, 1.807) is 0 Å². The summed E-state index contributed by atoms with van der Waals surface area (Å²) in [4.78, 5) is 2.51. The van der Waals surface area contributed by atoms with Crippen molar-refractivity contribution in [2.45, 2.75) is 39.2 Å². The van der Waals surface area contributed by atoms with Gasteiger partial charge in [-0.15, -0.1) is 0 Å². The summed E-state index contributed by atoms with van der Waals surface area (Å²) >= 11 is 0. The average molecular weight is 276 g/mol. The molecule has 1 atom stereocenters. The molecule has 1 heterocycles. The van der Waals surface area contributed by atoms with Gasteiger partial charge in [0.25, 0.3) is 0 Å². The summed E-state index contributed by atoms with van der Waals surface area (Å²) in [6.07, 6.45) is 4.60. The molecule has 1 aromatic rings. The predicted octanol–water partition coefficient (Wildman–Crippen LogP) is 2.79. The molecule has 3 heteroatoms. The number of aliphatic hydroxyl groups is 1. The van der Waals surface area contributed by atoms with Gasteiger partial charge in [0.1, 0.15) is 0 Å². The lowest BCUT2D eigenvalue weighted by Crippen LogP contribution is -2.36. The highest BCUT2D eigenvalue weighted by Crippen LogP contribution is 2.27. The number of benzene rings is 1. The predicted molar refractivity (Wildman–Crippen MR) is 85.1 cm³/mol. The first-order valence-corrected chi connectivity index (χ1v) is 7.99. The fourth-order valence-electron chi connectivity index (χ4n) is 3.07. The minimum atomic E-state index is 0.318. The zero-order valence-corrected chi connectivity index (χ0v) is 12.6. The SMILES string of the molecule is CCCNCc1ccccc1N1CCCC(CCO)C1. The molecular formula is C17H28N2O. The second kappa shape index (κ2) is 8.28. The van der Waals surface area contributed by atoms with Gasteiger partial charge in [-0.1, -0.05) is 25.1 Å². The largest absolute Gasteiger partial charge is 0.396 e. The van der Waals surface area contributed by atoms with Gasteiger partial charge in [0, 0.05) is 31.9 Å². The molecule has 2 N–H and O–H groups in total. The van der Waals surface area contributed by atoms with E-state index in [9.17, 15) is 0 Å². The van der Waals surface area contributed by atoms with E-state index in [0.29, 0.717) is 12.5 Å². The first-order valence-electron chi connectivity index (χ1n) is 7.99. The Kier molecular flexibility index (Phi) is 6.34. The molecule has 2 rings (SSSR count). The molecule has 1 saturated heterocycles. The van der Waals surface area contributed by atoms with Crippen LogP contribution < -0.4 is 10.2 Å². The van der Waals surface area contributed by atoms with Gasteiger partial charge in [-0.3, -0.25) is 0 Å². The third-order valence-corrected chi connectivity index (χ3v) is 4.13. The minimum Gasteiger partial charge on any atom is -0.396 e. The molecule has 1 unspecified atom stereocenters. The van der Waals surface area contributed by atoms with Crippen molar-refractivity contribution >= 4 is 5.69 Å². The Labute approximate surface area is 123 Å². The van der Waals surface area contributed by atoms with Crippen LogP contribution in [0.5, 0.6) is 0 Å². The number of rotatable bonds is 7. The van der Waals surface area contributed by atoms with E-state index in [-0.39, 0.29) is 0 Å². The highest BCUT2D eigenvalue weighted by Gasteiger charge is 2.21. The molecule has 0 amide bonds. The second-order valence-electron chi connectivity index (χ2n) is 5.77. The van der Waals surface area contributed by atoms with E-state index in [2.05, 4.69) is 41.4 Å². The molecule has 20 heavy (non-hydrogen) atoms. The Morgan fingerprint density at radius 3 is 3.00 bits per heavy atom. The molecule has 1 fully saturated rings. The van der Waals surface area contributed by atoms with Crippen LogP contribution in [0.3, 0.4) is 0 Å². The molecule has 112 valence electrons. The first kappa shape index (κ1) is 15.3. The van der Waals surface area contributed by atoms with Crippen LogP contribution in [0.25, 0.3) is 0 Å². The maximum atomic E-state index is 9.14. The van der Waals surface area contributed by atoms with E-state index in [4.69, 9.17) is 5.11 Å². The summed E-state index contributed by atoms with van der Waals surface area (Å²) in [6.45, 7) is 6.77. The van der Waals surface area contributed by atoms with Gasteiger partial charge in [0.2, 0.25) is 0 Å². The standard InChI is InChI=1S/C17H28N2O/c1-2-10-18-13-16-7-3-4-8-17(16)19-11-5-6-15(14-19)9-12-20/h3-4,7-8,15,18,20H,2,5-6,9-14H2,1H3. The van der Waals surface area contributed by atoms with E-state index >= 15 is 0 Å². The number of nitrogens with one attached hydrogen (secondary N) is 1. The smallest absolute Gasteiger partial charge is 0.0434 e. The zero-order valence-electron chi connectivity index (χ0n) is 12.6. The van der Waals surface area contributed by atoms with Crippen molar-refractivity contribution in [2.75, 3.05) is 31.1 Å². The van der Waals surface area contributed by atoms with Crippen LogP contribution >= 0.6 is 0 Å². The molecule has 0 bridgehead atoms. The maximum Gasteiger partial charge on any atom is 0.0434 e. The summed E-state index contributed by atoms with van der Waals surface area (Å²) in [5.41, 5.74) is 2.77. The third kappa shape index (κ3) is 4.22. The number of hydrogen-bond acceptors (Lipinski definition) is 3. The van der Waals surface area contributed by atoms with Crippen LogP contribution in [0.4, 0.5) is 5.69 Å². The van der Waals surface area contributed by atoms with Crippen molar-refractivity contribution in [2.24, 2.45) is 5.92 Å². The number of nitrogens with zero attached hydrogens (tertiary/aromatic N) is 1. The fraction of sp³-hybridized carbons (Fsp3) is 0.647. The Balaban J connectivity index is 2.03. The van der Waals surface area contributed by atoms with E-state index < -0.39 is 0 Å². The van der Waals surface area contributed by atoms with Crippen molar-refractivity contribution in [1.82, 2.24) is 5.32 Å². The molecule has 0 aromatic heterocycles. The summed E-state index contributed by atoms with van der Waals surface area (Å²) in [5, 5.41) is 12.6. The number of anilines is 1. The van der Waals surface area contributed by atoms with Gasteiger partial charge in [0.05, 0.1) is 0 Å². The molecule has 0 spiro atoms. The molecule has 1 aliphatic rings. The molecule has 0 radical (unpaired) electrons. The molecule has 1 aliphatic heterocycles. The second-order valence-corrected chi connectivity index (χ2v) is 5.77. The van der Waals surface area contributed by atoms with Crippen LogP contribution in [0.1, 0.15) is 38.2 Å².